The lowest BCUT2D eigenvalue weighted by Crippen LogP contribution is -2.39. The first kappa shape index (κ1) is 20.0. The minimum atomic E-state index is -4.19. The third-order valence-electron chi connectivity index (χ3n) is 5.01. The minimum Gasteiger partial charge on any atom is -0.326 e. The van der Waals surface area contributed by atoms with Crippen molar-refractivity contribution in [2.45, 2.75) is 63.2 Å². The van der Waals surface area contributed by atoms with Crippen molar-refractivity contribution in [1.29, 1.82) is 0 Å². The number of piperidine rings is 1. The van der Waals surface area contributed by atoms with Gasteiger partial charge in [-0.1, -0.05) is 18.2 Å². The number of aryl methyl sites for hydroxylation is 1. The van der Waals surface area contributed by atoms with Gasteiger partial charge in [0.15, 0.2) is 0 Å². The van der Waals surface area contributed by atoms with E-state index in [4.69, 9.17) is 0 Å². The van der Waals surface area contributed by atoms with Gasteiger partial charge in [0.1, 0.15) is 0 Å². The Labute approximate surface area is 152 Å². The molecule has 0 aromatic heterocycles. The van der Waals surface area contributed by atoms with Crippen molar-refractivity contribution >= 4 is 24.0 Å². The molecule has 2 aliphatic heterocycles. The van der Waals surface area contributed by atoms with E-state index in [1.54, 1.807) is 24.3 Å². The molecule has 140 valence electrons. The molecule has 0 aliphatic carbocycles. The number of carbonyl (C=O) groups excluding carboxylic acids is 1. The molecule has 7 heteroatoms. The lowest BCUT2D eigenvalue weighted by molar-refractivity contribution is -0.133. The Morgan fingerprint density at radius 1 is 1.16 bits per heavy atom. The van der Waals surface area contributed by atoms with E-state index >= 15 is 0 Å². The molecule has 2 saturated heterocycles. The molecular weight excluding hydrogens is 353 g/mol. The smallest absolute Gasteiger partial charge is 0.326 e. The Kier molecular flexibility index (Phi) is 6.74. The van der Waals surface area contributed by atoms with Crippen molar-refractivity contribution in [2.75, 3.05) is 5.32 Å². The number of para-hydroxylation sites is 1. The Balaban J connectivity index is 0.00000225. The van der Waals surface area contributed by atoms with Crippen LogP contribution in [0.25, 0.3) is 0 Å². The van der Waals surface area contributed by atoms with E-state index in [1.807, 2.05) is 0 Å². The van der Waals surface area contributed by atoms with Crippen LogP contribution in [-0.2, 0) is 11.2 Å². The van der Waals surface area contributed by atoms with Crippen LogP contribution in [0.2, 0.25) is 0 Å². The quantitative estimate of drug-likeness (QED) is 0.796. The summed E-state index contributed by atoms with van der Waals surface area (Å²) in [7, 11) is 0. The lowest BCUT2D eigenvalue weighted by atomic mass is 9.89. The summed E-state index contributed by atoms with van der Waals surface area (Å²) in [6, 6.07) is 7.81. The predicted molar refractivity (Wildman–Crippen MR) is 94.0 cm³/mol. The fourth-order valence-corrected chi connectivity index (χ4v) is 3.94. The maximum absolute atomic E-state index is 12.4. The highest BCUT2D eigenvalue weighted by molar-refractivity contribution is 5.91. The average molecular weight is 377 g/mol. The first-order chi connectivity index (χ1) is 11.4. The first-order valence-corrected chi connectivity index (χ1v) is 8.59. The van der Waals surface area contributed by atoms with Gasteiger partial charge in [-0.05, 0) is 49.7 Å². The van der Waals surface area contributed by atoms with E-state index in [1.165, 1.54) is 12.8 Å². The van der Waals surface area contributed by atoms with Crippen molar-refractivity contribution in [3.63, 3.8) is 0 Å². The van der Waals surface area contributed by atoms with Crippen LogP contribution in [0.4, 0.5) is 18.9 Å². The topological polar surface area (TPSA) is 41.1 Å². The standard InChI is InChI=1S/C18H23F3N2O.ClH/c19-18(20,21)8-7-13-3-1-2-4-16(13)23-17(24)11-12-9-14-5-6-15(10-12)22-14;/h1-4,12,14-15,22H,5-11H2,(H,23,24);1H. The molecule has 0 spiro atoms. The van der Waals surface area contributed by atoms with Gasteiger partial charge in [0.25, 0.3) is 0 Å². The number of hydrogen-bond acceptors (Lipinski definition) is 2. The first-order valence-electron chi connectivity index (χ1n) is 8.59. The number of benzene rings is 1. The maximum atomic E-state index is 12.4. The van der Waals surface area contributed by atoms with Crippen LogP contribution >= 0.6 is 12.4 Å². The fourth-order valence-electron chi connectivity index (χ4n) is 3.94. The molecule has 1 amide bonds. The van der Waals surface area contributed by atoms with Gasteiger partial charge in [-0.15, -0.1) is 12.4 Å². The second-order valence-corrected chi connectivity index (χ2v) is 7.00. The molecule has 1 aromatic rings. The summed E-state index contributed by atoms with van der Waals surface area (Å²) >= 11 is 0. The molecule has 2 bridgehead atoms. The zero-order chi connectivity index (χ0) is 17.2. The minimum absolute atomic E-state index is 0. The second kappa shape index (κ2) is 8.41. The predicted octanol–water partition coefficient (Wildman–Crippen LogP) is 4.46. The zero-order valence-electron chi connectivity index (χ0n) is 13.9. The number of alkyl halides is 3. The van der Waals surface area contributed by atoms with Crippen molar-refractivity contribution in [3.05, 3.63) is 29.8 Å². The molecule has 3 nitrogen and oxygen atoms in total. The number of nitrogens with one attached hydrogen (secondary N) is 2. The summed E-state index contributed by atoms with van der Waals surface area (Å²) in [6.07, 6.45) is -0.339. The number of anilines is 1. The molecule has 2 unspecified atom stereocenters. The summed E-state index contributed by atoms with van der Waals surface area (Å²) in [5.74, 6) is 0.270. The Bertz CT molecular complexity index is 582. The van der Waals surface area contributed by atoms with E-state index in [0.717, 1.165) is 12.8 Å². The van der Waals surface area contributed by atoms with E-state index in [-0.39, 0.29) is 24.7 Å². The van der Waals surface area contributed by atoms with E-state index in [0.29, 0.717) is 35.7 Å². The van der Waals surface area contributed by atoms with Crippen LogP contribution in [0, 0.1) is 5.92 Å². The van der Waals surface area contributed by atoms with Crippen molar-refractivity contribution in [1.82, 2.24) is 5.32 Å². The van der Waals surface area contributed by atoms with Gasteiger partial charge >= 0.3 is 6.18 Å². The highest BCUT2D eigenvalue weighted by Gasteiger charge is 2.34. The van der Waals surface area contributed by atoms with Crippen molar-refractivity contribution in [3.8, 4) is 0 Å². The molecule has 0 radical (unpaired) electrons. The van der Waals surface area contributed by atoms with E-state index < -0.39 is 12.6 Å². The molecule has 1 aromatic carbocycles. The molecule has 2 fully saturated rings. The number of rotatable bonds is 5. The lowest BCUT2D eigenvalue weighted by Gasteiger charge is -2.28. The van der Waals surface area contributed by atoms with Crippen LogP contribution in [0.15, 0.2) is 24.3 Å². The molecular formula is C18H24ClF3N2O. The van der Waals surface area contributed by atoms with Crippen LogP contribution < -0.4 is 10.6 Å². The fraction of sp³-hybridized carbons (Fsp3) is 0.611. The molecule has 2 aliphatic rings. The van der Waals surface area contributed by atoms with Crippen LogP contribution in [0.3, 0.4) is 0 Å². The van der Waals surface area contributed by atoms with Gasteiger partial charge in [-0.3, -0.25) is 4.79 Å². The summed E-state index contributed by atoms with van der Waals surface area (Å²) in [4.78, 5) is 12.3. The third kappa shape index (κ3) is 5.89. The summed E-state index contributed by atoms with van der Waals surface area (Å²) < 4.78 is 37.3. The van der Waals surface area contributed by atoms with Gasteiger partial charge in [0.05, 0.1) is 0 Å². The van der Waals surface area contributed by atoms with E-state index in [9.17, 15) is 18.0 Å². The van der Waals surface area contributed by atoms with Gasteiger partial charge in [0.2, 0.25) is 5.91 Å². The van der Waals surface area contributed by atoms with Gasteiger partial charge in [-0.2, -0.15) is 13.2 Å². The molecule has 2 N–H and O–H groups in total. The highest BCUT2D eigenvalue weighted by atomic mass is 35.5. The number of fused-ring (bicyclic) bond motifs is 2. The van der Waals surface area contributed by atoms with E-state index in [2.05, 4.69) is 10.6 Å². The van der Waals surface area contributed by atoms with Crippen LogP contribution in [-0.4, -0.2) is 24.2 Å². The average Bonchev–Trinajstić information content (AvgIpc) is 2.84. The van der Waals surface area contributed by atoms with Crippen molar-refractivity contribution in [2.24, 2.45) is 5.92 Å². The zero-order valence-corrected chi connectivity index (χ0v) is 14.8. The Morgan fingerprint density at radius 2 is 1.80 bits per heavy atom. The SMILES string of the molecule is Cl.O=C(CC1CC2CCC(C1)N2)Nc1ccccc1CCC(F)(F)F. The second-order valence-electron chi connectivity index (χ2n) is 7.00. The molecule has 0 saturated carbocycles. The summed E-state index contributed by atoms with van der Waals surface area (Å²) in [6.45, 7) is 0. The maximum Gasteiger partial charge on any atom is 0.389 e. The summed E-state index contributed by atoms with van der Waals surface area (Å²) in [5.41, 5.74) is 1.04. The number of hydrogen-bond donors (Lipinski definition) is 2. The monoisotopic (exact) mass is 376 g/mol. The Hall–Kier alpha value is -1.27. The van der Waals surface area contributed by atoms with Crippen LogP contribution in [0.1, 0.15) is 44.1 Å². The third-order valence-corrected chi connectivity index (χ3v) is 5.01. The van der Waals surface area contributed by atoms with Crippen LogP contribution in [0.5, 0.6) is 0 Å². The van der Waals surface area contributed by atoms with Gasteiger partial charge in [-0.25, -0.2) is 0 Å². The number of halogens is 4. The molecule has 2 heterocycles. The van der Waals surface area contributed by atoms with Gasteiger partial charge < -0.3 is 10.6 Å². The van der Waals surface area contributed by atoms with Crippen molar-refractivity contribution < 1.29 is 18.0 Å². The molecule has 3 rings (SSSR count). The largest absolute Gasteiger partial charge is 0.389 e. The number of amides is 1. The Morgan fingerprint density at radius 3 is 2.44 bits per heavy atom. The number of carbonyl (C=O) groups is 1. The highest BCUT2D eigenvalue weighted by Crippen LogP contribution is 2.33. The normalized spacial score (nSPS) is 25.3. The molecule has 2 atom stereocenters. The van der Waals surface area contributed by atoms with Gasteiger partial charge in [0, 0.05) is 30.6 Å². The molecule has 25 heavy (non-hydrogen) atoms. The summed E-state index contributed by atoms with van der Waals surface area (Å²) in [5, 5.41) is 6.36.